The molecule has 0 fully saturated rings. The van der Waals surface area contributed by atoms with Crippen LogP contribution in [-0.2, 0) is 16.0 Å². The summed E-state index contributed by atoms with van der Waals surface area (Å²) in [5, 5.41) is 11.4. The molecule has 1 aromatic rings. The third kappa shape index (κ3) is 5.25. The minimum absolute atomic E-state index is 0.00322. The van der Waals surface area contributed by atoms with Gasteiger partial charge in [0.15, 0.2) is 0 Å². The number of carbonyl (C=O) groups is 1. The molecule has 118 valence electrons. The number of anilines is 1. The lowest BCUT2D eigenvalue weighted by Gasteiger charge is -2.17. The lowest BCUT2D eigenvalue weighted by Crippen LogP contribution is -2.25. The van der Waals surface area contributed by atoms with E-state index in [0.29, 0.717) is 6.07 Å². The van der Waals surface area contributed by atoms with Crippen LogP contribution in [0.25, 0.3) is 0 Å². The van der Waals surface area contributed by atoms with Gasteiger partial charge in [-0.1, -0.05) is 0 Å². The molecular formula is C12H14F3NO4S. The molecule has 1 aromatic carbocycles. The SMILES string of the molecule is CC(CS(C)(=O)=O)Nc1ccc(C(=O)O)c(C(F)(F)F)c1. The van der Waals surface area contributed by atoms with E-state index >= 15 is 0 Å². The number of hydrogen-bond donors (Lipinski definition) is 2. The van der Waals surface area contributed by atoms with Crippen molar-refractivity contribution in [3.8, 4) is 0 Å². The van der Waals surface area contributed by atoms with Crippen LogP contribution in [0.2, 0.25) is 0 Å². The van der Waals surface area contributed by atoms with Crippen LogP contribution < -0.4 is 5.32 Å². The average Bonchev–Trinajstić information content (AvgIpc) is 2.24. The number of hydrogen-bond acceptors (Lipinski definition) is 4. The maximum absolute atomic E-state index is 12.8. The Labute approximate surface area is 119 Å². The predicted octanol–water partition coefficient (Wildman–Crippen LogP) is 2.25. The van der Waals surface area contributed by atoms with Crippen molar-refractivity contribution < 1.29 is 31.5 Å². The van der Waals surface area contributed by atoms with Gasteiger partial charge in [0.2, 0.25) is 0 Å². The Hall–Kier alpha value is -1.77. The van der Waals surface area contributed by atoms with Gasteiger partial charge in [0.1, 0.15) is 9.84 Å². The van der Waals surface area contributed by atoms with Gasteiger partial charge in [0.25, 0.3) is 0 Å². The van der Waals surface area contributed by atoms with Gasteiger partial charge in [-0.25, -0.2) is 13.2 Å². The van der Waals surface area contributed by atoms with E-state index in [0.717, 1.165) is 18.4 Å². The summed E-state index contributed by atoms with van der Waals surface area (Å²) < 4.78 is 60.6. The highest BCUT2D eigenvalue weighted by Gasteiger charge is 2.35. The van der Waals surface area contributed by atoms with Crippen LogP contribution in [0.4, 0.5) is 18.9 Å². The van der Waals surface area contributed by atoms with Gasteiger partial charge in [-0.15, -0.1) is 0 Å². The molecule has 21 heavy (non-hydrogen) atoms. The van der Waals surface area contributed by atoms with Crippen molar-refractivity contribution in [1.29, 1.82) is 0 Å². The second kappa shape index (κ2) is 5.92. The molecule has 2 N–H and O–H groups in total. The number of carboxylic acid groups (broad SMARTS) is 1. The smallest absolute Gasteiger partial charge is 0.417 e. The van der Waals surface area contributed by atoms with Crippen molar-refractivity contribution in [3.05, 3.63) is 29.3 Å². The third-order valence-corrected chi connectivity index (χ3v) is 3.63. The van der Waals surface area contributed by atoms with Crippen LogP contribution in [0.1, 0.15) is 22.8 Å². The fourth-order valence-corrected chi connectivity index (χ4v) is 2.83. The second-order valence-corrected chi connectivity index (χ2v) is 6.89. The molecule has 0 aliphatic carbocycles. The van der Waals surface area contributed by atoms with E-state index < -0.39 is 39.2 Å². The zero-order valence-corrected chi connectivity index (χ0v) is 12.0. The van der Waals surface area contributed by atoms with Crippen molar-refractivity contribution in [1.82, 2.24) is 0 Å². The topological polar surface area (TPSA) is 83.5 Å². The Morgan fingerprint density at radius 2 is 1.95 bits per heavy atom. The molecule has 0 amide bonds. The second-order valence-electron chi connectivity index (χ2n) is 4.70. The molecule has 0 bridgehead atoms. The summed E-state index contributed by atoms with van der Waals surface area (Å²) in [6.07, 6.45) is -3.80. The van der Waals surface area contributed by atoms with Gasteiger partial charge in [-0.2, -0.15) is 13.2 Å². The zero-order valence-electron chi connectivity index (χ0n) is 11.2. The van der Waals surface area contributed by atoms with E-state index in [1.807, 2.05) is 0 Å². The lowest BCUT2D eigenvalue weighted by atomic mass is 10.1. The summed E-state index contributed by atoms with van der Waals surface area (Å²) in [5.41, 5.74) is -2.14. The molecular weight excluding hydrogens is 311 g/mol. The van der Waals surface area contributed by atoms with Crippen molar-refractivity contribution in [2.75, 3.05) is 17.3 Å². The van der Waals surface area contributed by atoms with Crippen LogP contribution in [0.3, 0.4) is 0 Å². The minimum Gasteiger partial charge on any atom is -0.478 e. The molecule has 1 atom stereocenters. The highest BCUT2D eigenvalue weighted by atomic mass is 32.2. The van der Waals surface area contributed by atoms with E-state index in [1.54, 1.807) is 0 Å². The summed E-state index contributed by atoms with van der Waals surface area (Å²) in [6.45, 7) is 1.50. The Morgan fingerprint density at radius 3 is 2.38 bits per heavy atom. The average molecular weight is 325 g/mol. The number of halogens is 3. The normalized spacial score (nSPS) is 13.8. The van der Waals surface area contributed by atoms with E-state index in [9.17, 15) is 26.4 Å². The summed E-state index contributed by atoms with van der Waals surface area (Å²) in [4.78, 5) is 10.8. The quantitative estimate of drug-likeness (QED) is 0.867. The lowest BCUT2D eigenvalue weighted by molar-refractivity contribution is -0.138. The van der Waals surface area contributed by atoms with Crippen molar-refractivity contribution in [3.63, 3.8) is 0 Å². The van der Waals surface area contributed by atoms with Gasteiger partial charge in [-0.3, -0.25) is 0 Å². The number of nitrogens with one attached hydrogen (secondary N) is 1. The van der Waals surface area contributed by atoms with Gasteiger partial charge >= 0.3 is 12.1 Å². The van der Waals surface area contributed by atoms with Gasteiger partial charge < -0.3 is 10.4 Å². The highest BCUT2D eigenvalue weighted by molar-refractivity contribution is 7.90. The number of carboxylic acids is 1. The van der Waals surface area contributed by atoms with Gasteiger partial charge in [-0.05, 0) is 25.1 Å². The molecule has 9 heteroatoms. The van der Waals surface area contributed by atoms with Crippen LogP contribution in [-0.4, -0.2) is 37.5 Å². The van der Waals surface area contributed by atoms with Crippen LogP contribution in [0, 0.1) is 0 Å². The summed E-state index contributed by atoms with van der Waals surface area (Å²) in [5.74, 6) is -1.94. The Morgan fingerprint density at radius 1 is 1.38 bits per heavy atom. The zero-order chi connectivity index (χ0) is 16.4. The summed E-state index contributed by atoms with van der Waals surface area (Å²) in [6, 6.07) is 2.04. The number of sulfone groups is 1. The Bertz CT molecular complexity index is 640. The maximum Gasteiger partial charge on any atom is 0.417 e. The van der Waals surface area contributed by atoms with Crippen molar-refractivity contribution >= 4 is 21.5 Å². The van der Waals surface area contributed by atoms with Gasteiger partial charge in [0, 0.05) is 18.0 Å². The Balaban J connectivity index is 3.09. The standard InChI is InChI=1S/C12H14F3NO4S/c1-7(6-21(2,19)20)16-8-3-4-9(11(17)18)10(5-8)12(13,14)15/h3-5,7,16H,6H2,1-2H3,(H,17,18). The van der Waals surface area contributed by atoms with Crippen LogP contribution in [0.5, 0.6) is 0 Å². The monoisotopic (exact) mass is 325 g/mol. The molecule has 0 spiro atoms. The molecule has 0 saturated carbocycles. The number of rotatable bonds is 5. The molecule has 0 heterocycles. The number of alkyl halides is 3. The van der Waals surface area contributed by atoms with Gasteiger partial charge in [0.05, 0.1) is 16.9 Å². The fourth-order valence-electron chi connectivity index (χ4n) is 1.84. The fraction of sp³-hybridized carbons (Fsp3) is 0.417. The number of benzene rings is 1. The van der Waals surface area contributed by atoms with E-state index in [2.05, 4.69) is 5.32 Å². The van der Waals surface area contributed by atoms with E-state index in [4.69, 9.17) is 5.11 Å². The molecule has 0 aliphatic rings. The molecule has 5 nitrogen and oxygen atoms in total. The first-order valence-electron chi connectivity index (χ1n) is 5.79. The molecule has 0 saturated heterocycles. The number of aromatic carboxylic acids is 1. The predicted molar refractivity (Wildman–Crippen MR) is 71.2 cm³/mol. The molecule has 1 unspecified atom stereocenters. The van der Waals surface area contributed by atoms with E-state index in [1.165, 1.54) is 6.92 Å². The van der Waals surface area contributed by atoms with E-state index in [-0.39, 0.29) is 11.4 Å². The van der Waals surface area contributed by atoms with Crippen molar-refractivity contribution in [2.24, 2.45) is 0 Å². The van der Waals surface area contributed by atoms with Crippen LogP contribution >= 0.6 is 0 Å². The Kier molecular flexibility index (Phi) is 4.87. The molecule has 0 aromatic heterocycles. The first-order chi connectivity index (χ1) is 9.40. The molecule has 1 rings (SSSR count). The largest absolute Gasteiger partial charge is 0.478 e. The maximum atomic E-state index is 12.8. The molecule has 0 aliphatic heterocycles. The third-order valence-electron chi connectivity index (χ3n) is 2.52. The first-order valence-corrected chi connectivity index (χ1v) is 7.85. The first kappa shape index (κ1) is 17.3. The molecule has 0 radical (unpaired) electrons. The van der Waals surface area contributed by atoms with Crippen LogP contribution in [0.15, 0.2) is 18.2 Å². The highest BCUT2D eigenvalue weighted by Crippen LogP contribution is 2.34. The minimum atomic E-state index is -4.81. The summed E-state index contributed by atoms with van der Waals surface area (Å²) >= 11 is 0. The summed E-state index contributed by atoms with van der Waals surface area (Å²) in [7, 11) is -3.28. The van der Waals surface area contributed by atoms with Crippen molar-refractivity contribution in [2.45, 2.75) is 19.1 Å².